The van der Waals surface area contributed by atoms with Crippen LogP contribution in [0.5, 0.6) is 0 Å². The van der Waals surface area contributed by atoms with Crippen molar-refractivity contribution in [2.75, 3.05) is 6.61 Å². The van der Waals surface area contributed by atoms with Crippen LogP contribution in [0.2, 0.25) is 0 Å². The minimum absolute atomic E-state index is 0.178. The summed E-state index contributed by atoms with van der Waals surface area (Å²) in [5.74, 6) is -0.974. The van der Waals surface area contributed by atoms with Gasteiger partial charge in [-0.15, -0.1) is 0 Å². The average molecular weight is 334 g/mol. The maximum Gasteiger partial charge on any atom is 0.357 e. The van der Waals surface area contributed by atoms with E-state index in [9.17, 15) is 9.59 Å². The Labute approximate surface area is 145 Å². The van der Waals surface area contributed by atoms with Gasteiger partial charge in [-0.2, -0.15) is 0 Å². The number of nitrogens with zero attached hydrogens (tertiary/aromatic N) is 1. The monoisotopic (exact) mass is 334 g/mol. The van der Waals surface area contributed by atoms with Crippen molar-refractivity contribution in [3.05, 3.63) is 78.1 Å². The lowest BCUT2D eigenvalue weighted by molar-refractivity contribution is -0.124. The molecule has 1 heterocycles. The lowest BCUT2D eigenvalue weighted by Gasteiger charge is -2.16. The number of hydrogen-bond donors (Lipinski definition) is 1. The summed E-state index contributed by atoms with van der Waals surface area (Å²) in [7, 11) is 0. The number of benzene rings is 2. The van der Waals surface area contributed by atoms with Gasteiger partial charge in [0.25, 0.3) is 5.91 Å². The molecule has 0 saturated heterocycles. The van der Waals surface area contributed by atoms with Gasteiger partial charge in [0.1, 0.15) is 5.69 Å². The Morgan fingerprint density at radius 2 is 1.80 bits per heavy atom. The summed E-state index contributed by atoms with van der Waals surface area (Å²) in [4.78, 5) is 27.8. The fourth-order valence-corrected chi connectivity index (χ4v) is 2.68. The van der Waals surface area contributed by atoms with Gasteiger partial charge in [0.05, 0.1) is 6.04 Å². The number of fused-ring (bicyclic) bond motifs is 1. The SMILES string of the molecule is C[C@H](NC(=O)COC(=O)c1ccccn1)c1cccc2ccccc12. The van der Waals surface area contributed by atoms with Gasteiger partial charge in [0.15, 0.2) is 6.61 Å². The van der Waals surface area contributed by atoms with Gasteiger partial charge in [-0.1, -0.05) is 48.5 Å². The van der Waals surface area contributed by atoms with E-state index < -0.39 is 5.97 Å². The van der Waals surface area contributed by atoms with E-state index in [1.54, 1.807) is 18.2 Å². The second kappa shape index (κ2) is 7.57. The van der Waals surface area contributed by atoms with Crippen molar-refractivity contribution in [3.8, 4) is 0 Å². The van der Waals surface area contributed by atoms with Crippen molar-refractivity contribution in [1.82, 2.24) is 10.3 Å². The maximum atomic E-state index is 12.1. The van der Waals surface area contributed by atoms with Crippen molar-refractivity contribution in [2.45, 2.75) is 13.0 Å². The molecule has 0 bridgehead atoms. The Bertz CT molecular complexity index is 888. The molecule has 1 amide bonds. The molecule has 25 heavy (non-hydrogen) atoms. The number of esters is 1. The molecule has 0 aliphatic heterocycles. The fourth-order valence-electron chi connectivity index (χ4n) is 2.68. The highest BCUT2D eigenvalue weighted by Gasteiger charge is 2.15. The smallest absolute Gasteiger partial charge is 0.357 e. The maximum absolute atomic E-state index is 12.1. The van der Waals surface area contributed by atoms with Gasteiger partial charge in [-0.05, 0) is 35.4 Å². The van der Waals surface area contributed by atoms with Gasteiger partial charge in [-0.3, -0.25) is 4.79 Å². The molecule has 0 saturated carbocycles. The van der Waals surface area contributed by atoms with Crippen molar-refractivity contribution < 1.29 is 14.3 Å². The van der Waals surface area contributed by atoms with E-state index in [0.717, 1.165) is 16.3 Å². The molecule has 3 aromatic rings. The molecule has 0 aliphatic carbocycles. The van der Waals surface area contributed by atoms with Gasteiger partial charge in [-0.25, -0.2) is 9.78 Å². The number of carbonyl (C=O) groups is 2. The van der Waals surface area contributed by atoms with Crippen LogP contribution in [-0.2, 0) is 9.53 Å². The molecular formula is C20H18N2O3. The lowest BCUT2D eigenvalue weighted by Crippen LogP contribution is -2.31. The quantitative estimate of drug-likeness (QED) is 0.727. The Kier molecular flexibility index (Phi) is 5.04. The molecular weight excluding hydrogens is 316 g/mol. The van der Waals surface area contributed by atoms with Crippen molar-refractivity contribution in [2.24, 2.45) is 0 Å². The molecule has 126 valence electrons. The Hall–Kier alpha value is -3.21. The highest BCUT2D eigenvalue weighted by Crippen LogP contribution is 2.23. The number of aromatic nitrogens is 1. The predicted octanol–water partition coefficient (Wildman–Crippen LogP) is 3.27. The third-order valence-electron chi connectivity index (χ3n) is 3.88. The van der Waals surface area contributed by atoms with Gasteiger partial charge >= 0.3 is 5.97 Å². The zero-order valence-electron chi connectivity index (χ0n) is 13.8. The Morgan fingerprint density at radius 3 is 2.60 bits per heavy atom. The van der Waals surface area contributed by atoms with Crippen LogP contribution in [0.25, 0.3) is 10.8 Å². The standard InChI is InChI=1S/C20H18N2O3/c1-14(16-10-6-8-15-7-2-3-9-17(15)16)22-19(23)13-25-20(24)18-11-4-5-12-21-18/h2-12,14H,13H2,1H3,(H,22,23)/t14-/m0/s1. The van der Waals surface area contributed by atoms with Crippen LogP contribution in [0.15, 0.2) is 66.9 Å². The predicted molar refractivity (Wildman–Crippen MR) is 95.0 cm³/mol. The normalized spacial score (nSPS) is 11.7. The summed E-state index contributed by atoms with van der Waals surface area (Å²) < 4.78 is 5.00. The number of pyridine rings is 1. The van der Waals surface area contributed by atoms with Crippen molar-refractivity contribution in [1.29, 1.82) is 0 Å². The first-order chi connectivity index (χ1) is 12.1. The van der Waals surface area contributed by atoms with Crippen LogP contribution in [0.4, 0.5) is 0 Å². The number of hydrogen-bond acceptors (Lipinski definition) is 4. The summed E-state index contributed by atoms with van der Waals surface area (Å²) >= 11 is 0. The van der Waals surface area contributed by atoms with Gasteiger partial charge < -0.3 is 10.1 Å². The van der Waals surface area contributed by atoms with Crippen LogP contribution in [0.1, 0.15) is 29.0 Å². The summed E-state index contributed by atoms with van der Waals surface area (Å²) in [6, 6.07) is 18.7. The van der Waals surface area contributed by atoms with Crippen LogP contribution in [-0.4, -0.2) is 23.5 Å². The summed E-state index contributed by atoms with van der Waals surface area (Å²) in [5, 5.41) is 5.06. The van der Waals surface area contributed by atoms with Crippen LogP contribution < -0.4 is 5.32 Å². The molecule has 1 aromatic heterocycles. The summed E-state index contributed by atoms with van der Waals surface area (Å²) in [5.41, 5.74) is 1.19. The summed E-state index contributed by atoms with van der Waals surface area (Å²) in [6.45, 7) is 1.56. The number of rotatable bonds is 5. The minimum Gasteiger partial charge on any atom is -0.451 e. The third kappa shape index (κ3) is 4.01. The van der Waals surface area contributed by atoms with E-state index in [4.69, 9.17) is 4.74 Å². The molecule has 0 radical (unpaired) electrons. The van der Waals surface area contributed by atoms with E-state index in [1.165, 1.54) is 6.20 Å². The molecule has 0 spiro atoms. The van der Waals surface area contributed by atoms with Crippen molar-refractivity contribution in [3.63, 3.8) is 0 Å². The summed E-state index contributed by atoms with van der Waals surface area (Å²) in [6.07, 6.45) is 1.50. The molecule has 5 heteroatoms. The Morgan fingerprint density at radius 1 is 1.04 bits per heavy atom. The molecule has 1 atom stereocenters. The van der Waals surface area contributed by atoms with E-state index >= 15 is 0 Å². The highest BCUT2D eigenvalue weighted by atomic mass is 16.5. The van der Waals surface area contributed by atoms with E-state index in [-0.39, 0.29) is 24.2 Å². The third-order valence-corrected chi connectivity index (χ3v) is 3.88. The largest absolute Gasteiger partial charge is 0.451 e. The van der Waals surface area contributed by atoms with Crippen molar-refractivity contribution >= 4 is 22.6 Å². The molecule has 0 unspecified atom stereocenters. The Balaban J connectivity index is 1.61. The highest BCUT2D eigenvalue weighted by molar-refractivity contribution is 5.90. The van der Waals surface area contributed by atoms with E-state index in [0.29, 0.717) is 0 Å². The molecule has 1 N–H and O–H groups in total. The topological polar surface area (TPSA) is 68.3 Å². The second-order valence-electron chi connectivity index (χ2n) is 5.65. The number of carbonyl (C=O) groups excluding carboxylic acids is 2. The van der Waals surface area contributed by atoms with Crippen LogP contribution >= 0.6 is 0 Å². The molecule has 5 nitrogen and oxygen atoms in total. The average Bonchev–Trinajstić information content (AvgIpc) is 2.66. The number of nitrogens with one attached hydrogen (secondary N) is 1. The van der Waals surface area contributed by atoms with Gasteiger partial charge in [0.2, 0.25) is 0 Å². The first-order valence-corrected chi connectivity index (χ1v) is 8.00. The lowest BCUT2D eigenvalue weighted by atomic mass is 10.00. The first kappa shape index (κ1) is 16.6. The van der Waals surface area contributed by atoms with Crippen LogP contribution in [0.3, 0.4) is 0 Å². The minimum atomic E-state index is -0.617. The first-order valence-electron chi connectivity index (χ1n) is 8.00. The van der Waals surface area contributed by atoms with E-state index in [2.05, 4.69) is 10.3 Å². The molecule has 3 rings (SSSR count). The zero-order valence-corrected chi connectivity index (χ0v) is 13.8. The fraction of sp³-hybridized carbons (Fsp3) is 0.150. The number of ether oxygens (including phenoxy) is 1. The number of amides is 1. The molecule has 0 aliphatic rings. The second-order valence-corrected chi connectivity index (χ2v) is 5.65. The zero-order chi connectivity index (χ0) is 17.6. The molecule has 2 aromatic carbocycles. The van der Waals surface area contributed by atoms with Crippen LogP contribution in [0, 0.1) is 0 Å². The molecule has 0 fully saturated rings. The van der Waals surface area contributed by atoms with E-state index in [1.807, 2.05) is 49.4 Å². The van der Waals surface area contributed by atoms with Gasteiger partial charge in [0, 0.05) is 6.20 Å².